The first-order chi connectivity index (χ1) is 8.95. The van der Waals surface area contributed by atoms with Crippen LogP contribution in [0, 0.1) is 5.41 Å². The number of aromatic nitrogens is 2. The number of ether oxygens (including phenoxy) is 1. The summed E-state index contributed by atoms with van der Waals surface area (Å²) in [5.74, 6) is 0.0810. The van der Waals surface area contributed by atoms with Gasteiger partial charge in [-0.25, -0.2) is 9.97 Å². The first kappa shape index (κ1) is 13.7. The number of hydrogen-bond acceptors (Lipinski definition) is 5. The average Bonchev–Trinajstić information content (AvgIpc) is 2.38. The highest BCUT2D eigenvalue weighted by atomic mass is 16.5. The van der Waals surface area contributed by atoms with Crippen LogP contribution < -0.4 is 11.1 Å². The number of nitrogens with one attached hydrogen (secondary N) is 1. The summed E-state index contributed by atoms with van der Waals surface area (Å²) in [7, 11) is 0. The normalized spacial score (nSPS) is 24.6. The van der Waals surface area contributed by atoms with Crippen molar-refractivity contribution >= 4 is 11.7 Å². The SMILES string of the molecule is CCOC1CC(NC(=O)c2cnc(N)cn2)C1(C)C. The molecule has 1 aromatic heterocycles. The summed E-state index contributed by atoms with van der Waals surface area (Å²) in [4.78, 5) is 19.8. The van der Waals surface area contributed by atoms with Crippen molar-refractivity contribution in [3.63, 3.8) is 0 Å². The first-order valence-electron chi connectivity index (χ1n) is 6.45. The number of carbonyl (C=O) groups excluding carboxylic acids is 1. The molecule has 2 unspecified atom stereocenters. The van der Waals surface area contributed by atoms with Crippen molar-refractivity contribution in [2.24, 2.45) is 5.41 Å². The Morgan fingerprint density at radius 2 is 2.26 bits per heavy atom. The van der Waals surface area contributed by atoms with E-state index in [1.54, 1.807) is 0 Å². The molecular weight excluding hydrogens is 244 g/mol. The fraction of sp³-hybridized carbons (Fsp3) is 0.615. The molecular formula is C13H20N4O2. The van der Waals surface area contributed by atoms with Crippen molar-refractivity contribution in [2.45, 2.75) is 39.3 Å². The molecule has 0 saturated heterocycles. The summed E-state index contributed by atoms with van der Waals surface area (Å²) in [6.45, 7) is 6.86. The van der Waals surface area contributed by atoms with E-state index in [0.29, 0.717) is 12.4 Å². The van der Waals surface area contributed by atoms with Crippen molar-refractivity contribution < 1.29 is 9.53 Å². The molecule has 1 aromatic rings. The van der Waals surface area contributed by atoms with Crippen molar-refractivity contribution in [2.75, 3.05) is 12.3 Å². The highest BCUT2D eigenvalue weighted by Crippen LogP contribution is 2.42. The average molecular weight is 264 g/mol. The lowest BCUT2D eigenvalue weighted by molar-refractivity contribution is -0.111. The Kier molecular flexibility index (Phi) is 3.71. The zero-order valence-corrected chi connectivity index (χ0v) is 11.5. The van der Waals surface area contributed by atoms with Crippen LogP contribution in [0.1, 0.15) is 37.7 Å². The Morgan fingerprint density at radius 1 is 1.53 bits per heavy atom. The highest BCUT2D eigenvalue weighted by molar-refractivity contribution is 5.92. The third-order valence-electron chi connectivity index (χ3n) is 3.76. The van der Waals surface area contributed by atoms with E-state index in [2.05, 4.69) is 29.1 Å². The second kappa shape index (κ2) is 5.13. The number of carbonyl (C=O) groups is 1. The van der Waals surface area contributed by atoms with Crippen LogP contribution in [0.2, 0.25) is 0 Å². The van der Waals surface area contributed by atoms with Crippen LogP contribution in [0.3, 0.4) is 0 Å². The van der Waals surface area contributed by atoms with Gasteiger partial charge >= 0.3 is 0 Å². The molecule has 0 bridgehead atoms. The monoisotopic (exact) mass is 264 g/mol. The number of nitrogens with two attached hydrogens (primary N) is 1. The molecule has 104 valence electrons. The second-order valence-electron chi connectivity index (χ2n) is 5.35. The van der Waals surface area contributed by atoms with Gasteiger partial charge in [0.2, 0.25) is 0 Å². The fourth-order valence-electron chi connectivity index (χ4n) is 2.30. The van der Waals surface area contributed by atoms with Crippen LogP contribution >= 0.6 is 0 Å². The number of nitrogens with zero attached hydrogens (tertiary/aromatic N) is 2. The number of rotatable bonds is 4. The summed E-state index contributed by atoms with van der Waals surface area (Å²) >= 11 is 0. The largest absolute Gasteiger partial charge is 0.382 e. The van der Waals surface area contributed by atoms with Gasteiger partial charge in [-0.15, -0.1) is 0 Å². The van der Waals surface area contributed by atoms with Gasteiger partial charge in [0.05, 0.1) is 18.5 Å². The van der Waals surface area contributed by atoms with E-state index in [-0.39, 0.29) is 29.2 Å². The van der Waals surface area contributed by atoms with E-state index in [0.717, 1.165) is 6.42 Å². The molecule has 1 heterocycles. The molecule has 0 spiro atoms. The van der Waals surface area contributed by atoms with Gasteiger partial charge in [-0.2, -0.15) is 0 Å². The van der Waals surface area contributed by atoms with Gasteiger partial charge in [-0.1, -0.05) is 13.8 Å². The van der Waals surface area contributed by atoms with E-state index in [9.17, 15) is 4.79 Å². The van der Waals surface area contributed by atoms with E-state index < -0.39 is 0 Å². The molecule has 0 radical (unpaired) electrons. The first-order valence-corrected chi connectivity index (χ1v) is 6.45. The topological polar surface area (TPSA) is 90.1 Å². The number of amides is 1. The molecule has 2 rings (SSSR count). The fourth-order valence-corrected chi connectivity index (χ4v) is 2.30. The van der Waals surface area contributed by atoms with E-state index in [4.69, 9.17) is 10.5 Å². The van der Waals surface area contributed by atoms with Gasteiger partial charge in [0, 0.05) is 18.1 Å². The Morgan fingerprint density at radius 3 is 2.79 bits per heavy atom. The van der Waals surface area contributed by atoms with E-state index in [1.807, 2.05) is 6.92 Å². The molecule has 1 aliphatic carbocycles. The van der Waals surface area contributed by atoms with Crippen LogP contribution in [-0.2, 0) is 4.74 Å². The molecule has 3 N–H and O–H groups in total. The number of anilines is 1. The van der Waals surface area contributed by atoms with Crippen LogP contribution in [-0.4, -0.2) is 34.6 Å². The zero-order valence-electron chi connectivity index (χ0n) is 11.5. The molecule has 1 fully saturated rings. The molecule has 0 aliphatic heterocycles. The minimum Gasteiger partial charge on any atom is -0.382 e. The Labute approximate surface area is 112 Å². The molecule has 1 saturated carbocycles. The minimum atomic E-state index is -0.222. The second-order valence-corrected chi connectivity index (χ2v) is 5.35. The van der Waals surface area contributed by atoms with Gasteiger partial charge in [0.25, 0.3) is 5.91 Å². The molecule has 19 heavy (non-hydrogen) atoms. The maximum Gasteiger partial charge on any atom is 0.271 e. The van der Waals surface area contributed by atoms with Crippen molar-refractivity contribution in [3.05, 3.63) is 18.1 Å². The third-order valence-corrected chi connectivity index (χ3v) is 3.76. The predicted molar refractivity (Wildman–Crippen MR) is 71.5 cm³/mol. The maximum absolute atomic E-state index is 12.0. The molecule has 2 atom stereocenters. The van der Waals surface area contributed by atoms with Crippen LogP contribution in [0.4, 0.5) is 5.82 Å². The third kappa shape index (κ3) is 2.68. The van der Waals surface area contributed by atoms with Gasteiger partial charge in [-0.3, -0.25) is 4.79 Å². The highest BCUT2D eigenvalue weighted by Gasteiger charge is 2.49. The van der Waals surface area contributed by atoms with Gasteiger partial charge in [0.15, 0.2) is 0 Å². The summed E-state index contributed by atoms with van der Waals surface area (Å²) in [6, 6.07) is 0.0934. The van der Waals surface area contributed by atoms with Gasteiger partial charge in [-0.05, 0) is 13.3 Å². The molecule has 0 aromatic carbocycles. The van der Waals surface area contributed by atoms with Gasteiger partial charge < -0.3 is 15.8 Å². The summed E-state index contributed by atoms with van der Waals surface area (Å²) in [5, 5.41) is 2.97. The van der Waals surface area contributed by atoms with Crippen molar-refractivity contribution in [1.82, 2.24) is 15.3 Å². The molecule has 6 nitrogen and oxygen atoms in total. The Bertz CT molecular complexity index is 458. The zero-order chi connectivity index (χ0) is 14.0. The summed E-state index contributed by atoms with van der Waals surface area (Å²) < 4.78 is 5.63. The smallest absolute Gasteiger partial charge is 0.271 e. The molecule has 1 amide bonds. The summed E-state index contributed by atoms with van der Waals surface area (Å²) in [5.41, 5.74) is 5.66. The van der Waals surface area contributed by atoms with Crippen LogP contribution in [0.5, 0.6) is 0 Å². The minimum absolute atomic E-state index is 0.0626. The lowest BCUT2D eigenvalue weighted by atomic mass is 9.64. The molecule has 1 aliphatic rings. The standard InChI is InChI=1S/C13H20N4O2/c1-4-19-10-5-9(13(10,2)3)17-12(18)8-6-16-11(14)7-15-8/h6-7,9-10H,4-5H2,1-3H3,(H2,14,16)(H,17,18). The van der Waals surface area contributed by atoms with Gasteiger partial charge in [0.1, 0.15) is 11.5 Å². The predicted octanol–water partition coefficient (Wildman–Crippen LogP) is 0.992. The molecule has 6 heteroatoms. The van der Waals surface area contributed by atoms with Crippen molar-refractivity contribution in [1.29, 1.82) is 0 Å². The maximum atomic E-state index is 12.0. The number of hydrogen-bond donors (Lipinski definition) is 2. The van der Waals surface area contributed by atoms with E-state index >= 15 is 0 Å². The number of nitrogen functional groups attached to an aromatic ring is 1. The Balaban J connectivity index is 1.96. The van der Waals surface area contributed by atoms with Crippen LogP contribution in [0.15, 0.2) is 12.4 Å². The Hall–Kier alpha value is -1.69. The summed E-state index contributed by atoms with van der Waals surface area (Å²) in [6.07, 6.45) is 3.79. The van der Waals surface area contributed by atoms with Crippen molar-refractivity contribution in [3.8, 4) is 0 Å². The lowest BCUT2D eigenvalue weighted by Gasteiger charge is -2.51. The van der Waals surface area contributed by atoms with Crippen LogP contribution in [0.25, 0.3) is 0 Å². The van der Waals surface area contributed by atoms with E-state index in [1.165, 1.54) is 12.4 Å². The quantitative estimate of drug-likeness (QED) is 0.846. The lowest BCUT2D eigenvalue weighted by Crippen LogP contribution is -2.62.